The highest BCUT2D eigenvalue weighted by Crippen LogP contribution is 2.04. The lowest BCUT2D eigenvalue weighted by Crippen LogP contribution is -1.93. The summed E-state index contributed by atoms with van der Waals surface area (Å²) < 4.78 is 0. The summed E-state index contributed by atoms with van der Waals surface area (Å²) in [6.07, 6.45) is 9.74. The van der Waals surface area contributed by atoms with Crippen LogP contribution in [0.15, 0.2) is 37.2 Å². The van der Waals surface area contributed by atoms with Gasteiger partial charge in [-0.05, 0) is 18.1 Å². The highest BCUT2D eigenvalue weighted by atomic mass is 14.9. The Morgan fingerprint density at radius 2 is 1.53 bits per heavy atom. The van der Waals surface area contributed by atoms with Crippen molar-refractivity contribution in [2.45, 2.75) is 47.0 Å². The van der Waals surface area contributed by atoms with Crippen LogP contribution in [-0.4, -0.2) is 19.9 Å². The van der Waals surface area contributed by atoms with Crippen molar-refractivity contribution in [3.8, 4) is 0 Å². The van der Waals surface area contributed by atoms with Crippen LogP contribution in [0.25, 0.3) is 0 Å². The molecule has 4 nitrogen and oxygen atoms in total. The minimum atomic E-state index is 0.436. The summed E-state index contributed by atoms with van der Waals surface area (Å²) in [5.41, 5.74) is 1.19. The second-order valence-electron chi connectivity index (χ2n) is 3.86. The molecule has 0 spiro atoms. The second kappa shape index (κ2) is 11.3. The van der Waals surface area contributed by atoms with Crippen LogP contribution < -0.4 is 0 Å². The van der Waals surface area contributed by atoms with E-state index < -0.39 is 0 Å². The molecule has 2 aromatic rings. The molecule has 104 valence electrons. The van der Waals surface area contributed by atoms with E-state index in [0.717, 1.165) is 12.2 Å². The molecule has 0 aliphatic carbocycles. The van der Waals surface area contributed by atoms with Gasteiger partial charge in [0.05, 0.1) is 0 Å². The molecule has 0 unspecified atom stereocenters. The Kier molecular flexibility index (Phi) is 10.2. The third-order valence-corrected chi connectivity index (χ3v) is 2.12. The molecule has 2 heterocycles. The van der Waals surface area contributed by atoms with Crippen LogP contribution in [0.1, 0.15) is 51.9 Å². The van der Waals surface area contributed by atoms with Gasteiger partial charge in [-0.3, -0.25) is 0 Å². The Morgan fingerprint density at radius 1 is 1.00 bits per heavy atom. The fourth-order valence-electron chi connectivity index (χ4n) is 1.12. The van der Waals surface area contributed by atoms with E-state index in [4.69, 9.17) is 0 Å². The second-order valence-corrected chi connectivity index (χ2v) is 3.86. The predicted octanol–water partition coefficient (Wildman–Crippen LogP) is 3.67. The van der Waals surface area contributed by atoms with Crippen molar-refractivity contribution < 1.29 is 0 Å². The van der Waals surface area contributed by atoms with Crippen LogP contribution in [0.3, 0.4) is 0 Å². The molecule has 0 aliphatic heterocycles. The van der Waals surface area contributed by atoms with Crippen LogP contribution in [0.4, 0.5) is 0 Å². The predicted molar refractivity (Wildman–Crippen MR) is 78.9 cm³/mol. The molecule has 0 saturated carbocycles. The maximum absolute atomic E-state index is 4.07. The topological polar surface area (TPSA) is 51.6 Å². The highest BCUT2D eigenvalue weighted by molar-refractivity contribution is 5.00. The van der Waals surface area contributed by atoms with Gasteiger partial charge in [-0.25, -0.2) is 19.9 Å². The average molecular weight is 260 g/mol. The lowest BCUT2D eigenvalue weighted by molar-refractivity contribution is 0.774. The van der Waals surface area contributed by atoms with Crippen LogP contribution >= 0.6 is 0 Å². The van der Waals surface area contributed by atoms with Crippen LogP contribution in [-0.2, 0) is 6.42 Å². The molecule has 0 radical (unpaired) electrons. The first-order valence-electron chi connectivity index (χ1n) is 6.74. The minimum absolute atomic E-state index is 0.436. The van der Waals surface area contributed by atoms with Crippen molar-refractivity contribution in [1.82, 2.24) is 19.9 Å². The summed E-state index contributed by atoms with van der Waals surface area (Å²) in [4.78, 5) is 15.8. The van der Waals surface area contributed by atoms with E-state index in [1.54, 1.807) is 18.7 Å². The summed E-state index contributed by atoms with van der Waals surface area (Å²) in [5, 5.41) is 0. The molecule has 0 fully saturated rings. The Balaban J connectivity index is 0.000000303. The molecule has 2 rings (SSSR count). The zero-order valence-corrected chi connectivity index (χ0v) is 12.5. The van der Waals surface area contributed by atoms with E-state index in [1.807, 2.05) is 32.3 Å². The summed E-state index contributed by atoms with van der Waals surface area (Å²) in [5.74, 6) is 1.35. The Labute approximate surface area is 116 Å². The van der Waals surface area contributed by atoms with Crippen LogP contribution in [0.5, 0.6) is 0 Å². The van der Waals surface area contributed by atoms with Gasteiger partial charge < -0.3 is 0 Å². The number of hydrogen-bond acceptors (Lipinski definition) is 4. The Bertz CT molecular complexity index is 401. The minimum Gasteiger partial charge on any atom is -0.245 e. The summed E-state index contributed by atoms with van der Waals surface area (Å²) in [6, 6.07) is 1.83. The lowest BCUT2D eigenvalue weighted by Gasteiger charge is -1.98. The van der Waals surface area contributed by atoms with Gasteiger partial charge in [-0.1, -0.05) is 34.6 Å². The molecular formula is C15H24N4. The zero-order valence-electron chi connectivity index (χ0n) is 12.5. The molecule has 0 atom stereocenters. The fraction of sp³-hybridized carbons (Fsp3) is 0.467. The van der Waals surface area contributed by atoms with Gasteiger partial charge >= 0.3 is 0 Å². The first-order valence-corrected chi connectivity index (χ1v) is 6.74. The third-order valence-electron chi connectivity index (χ3n) is 2.12. The summed E-state index contributed by atoms with van der Waals surface area (Å²) in [7, 11) is 0. The number of hydrogen-bond donors (Lipinski definition) is 0. The van der Waals surface area contributed by atoms with Crippen LogP contribution in [0, 0.1) is 0 Å². The smallest absolute Gasteiger partial charge is 0.130 e. The number of aryl methyl sites for hydroxylation is 1. The number of nitrogens with zero attached hydrogens (tertiary/aromatic N) is 4. The van der Waals surface area contributed by atoms with E-state index in [9.17, 15) is 0 Å². The largest absolute Gasteiger partial charge is 0.245 e. The van der Waals surface area contributed by atoms with Crippen molar-refractivity contribution in [2.75, 3.05) is 0 Å². The zero-order chi connectivity index (χ0) is 14.5. The maximum atomic E-state index is 4.07. The Morgan fingerprint density at radius 3 is 1.84 bits per heavy atom. The molecule has 0 aromatic carbocycles. The molecule has 0 aliphatic rings. The highest BCUT2D eigenvalue weighted by Gasteiger charge is 1.97. The Hall–Kier alpha value is -1.84. The number of rotatable bonds is 2. The van der Waals surface area contributed by atoms with Gasteiger partial charge in [0.2, 0.25) is 0 Å². The van der Waals surface area contributed by atoms with Gasteiger partial charge in [-0.2, -0.15) is 0 Å². The molecule has 4 heteroatoms. The lowest BCUT2D eigenvalue weighted by atomic mass is 10.2. The van der Waals surface area contributed by atoms with Gasteiger partial charge in [0.15, 0.2) is 0 Å². The standard InChI is InChI=1S/C7H10N2.C6H8N2.C2H6/c1-6(2)7-8-4-3-5-9-7;1-2-6-3-7-5-8-4-6;1-2/h3-6H,1-2H3;3-5H,2H2,1H3;1-2H3. The van der Waals surface area contributed by atoms with Gasteiger partial charge in [0.25, 0.3) is 0 Å². The van der Waals surface area contributed by atoms with Gasteiger partial charge in [0.1, 0.15) is 12.2 Å². The summed E-state index contributed by atoms with van der Waals surface area (Å²) in [6.45, 7) is 10.2. The van der Waals surface area contributed by atoms with E-state index >= 15 is 0 Å². The molecule has 0 saturated heterocycles. The molecule has 0 N–H and O–H groups in total. The fourth-order valence-corrected chi connectivity index (χ4v) is 1.12. The molecule has 0 amide bonds. The molecule has 0 bridgehead atoms. The van der Waals surface area contributed by atoms with E-state index in [0.29, 0.717) is 5.92 Å². The quantitative estimate of drug-likeness (QED) is 0.826. The molecular weight excluding hydrogens is 236 g/mol. The monoisotopic (exact) mass is 260 g/mol. The van der Waals surface area contributed by atoms with Gasteiger partial charge in [0, 0.05) is 30.7 Å². The van der Waals surface area contributed by atoms with Crippen LogP contribution in [0.2, 0.25) is 0 Å². The summed E-state index contributed by atoms with van der Waals surface area (Å²) >= 11 is 0. The van der Waals surface area contributed by atoms with Crippen molar-refractivity contribution in [3.63, 3.8) is 0 Å². The number of aromatic nitrogens is 4. The molecule has 19 heavy (non-hydrogen) atoms. The molecule has 2 aromatic heterocycles. The maximum Gasteiger partial charge on any atom is 0.130 e. The first-order chi connectivity index (χ1) is 9.24. The normalized spacial score (nSPS) is 8.95. The van der Waals surface area contributed by atoms with Crippen molar-refractivity contribution >= 4 is 0 Å². The van der Waals surface area contributed by atoms with Crippen molar-refractivity contribution in [1.29, 1.82) is 0 Å². The van der Waals surface area contributed by atoms with E-state index in [2.05, 4.69) is 40.7 Å². The SMILES string of the molecule is CC.CC(C)c1ncccn1.CCc1cncnc1. The third kappa shape index (κ3) is 7.97. The first kappa shape index (κ1) is 17.2. The van der Waals surface area contributed by atoms with Gasteiger partial charge in [-0.15, -0.1) is 0 Å². The average Bonchev–Trinajstić information content (AvgIpc) is 2.51. The van der Waals surface area contributed by atoms with Crippen molar-refractivity contribution in [3.05, 3.63) is 48.6 Å². The van der Waals surface area contributed by atoms with E-state index in [1.165, 1.54) is 5.56 Å². The van der Waals surface area contributed by atoms with Crippen molar-refractivity contribution in [2.24, 2.45) is 0 Å². The van der Waals surface area contributed by atoms with E-state index in [-0.39, 0.29) is 0 Å².